The largest absolute Gasteiger partial charge is 0.367 e. The van der Waals surface area contributed by atoms with E-state index in [1.165, 1.54) is 13.1 Å². The van der Waals surface area contributed by atoms with Gasteiger partial charge in [0, 0.05) is 5.92 Å². The smallest absolute Gasteiger partial charge is 0.253 e. The molecule has 0 bridgehead atoms. The van der Waals surface area contributed by atoms with Crippen LogP contribution in [0, 0.1) is 11.3 Å². The predicted octanol–water partition coefficient (Wildman–Crippen LogP) is 2.67. The summed E-state index contributed by atoms with van der Waals surface area (Å²) in [5.41, 5.74) is 7.24. The fourth-order valence-electron chi connectivity index (χ4n) is 3.27. The molecule has 0 spiro atoms. The number of fused-ring (bicyclic) bond motifs is 1. The number of piperidine rings is 1. The highest BCUT2D eigenvalue weighted by molar-refractivity contribution is 6.35. The van der Waals surface area contributed by atoms with Gasteiger partial charge in [-0.1, -0.05) is 11.6 Å². The SMILES string of the molecule is CC(C(F)F)N1CCC(c2c(C#N)c(Cl)c3cnc(N)nn23)CC1. The minimum absolute atomic E-state index is 0.00933. The Morgan fingerprint density at radius 2 is 2.08 bits per heavy atom. The number of nitrogens with zero attached hydrogens (tertiary/aromatic N) is 5. The standard InChI is InChI=1S/C15H17ClF2N6/c1-8(14(17)18)23-4-2-9(3-5-23)13-10(6-19)12(16)11-7-21-15(20)22-24(11)13/h7-9,14H,2-5H2,1H3,(H2,20,22). The minimum Gasteiger partial charge on any atom is -0.367 e. The molecule has 2 N–H and O–H groups in total. The van der Waals surface area contributed by atoms with Gasteiger partial charge in [0.15, 0.2) is 0 Å². The Labute approximate surface area is 142 Å². The molecule has 2 aromatic heterocycles. The average molecular weight is 355 g/mol. The Balaban J connectivity index is 1.94. The van der Waals surface area contributed by atoms with E-state index in [2.05, 4.69) is 16.2 Å². The van der Waals surface area contributed by atoms with Crippen molar-refractivity contribution in [3.63, 3.8) is 0 Å². The van der Waals surface area contributed by atoms with Crippen molar-refractivity contribution in [2.45, 2.75) is 38.2 Å². The summed E-state index contributed by atoms with van der Waals surface area (Å²) in [5, 5.41) is 14.0. The van der Waals surface area contributed by atoms with Crippen molar-refractivity contribution < 1.29 is 8.78 Å². The Hall–Kier alpha value is -1.98. The van der Waals surface area contributed by atoms with Gasteiger partial charge in [0.1, 0.15) is 11.6 Å². The first-order valence-corrected chi connectivity index (χ1v) is 8.06. The maximum absolute atomic E-state index is 12.9. The second-order valence-electron chi connectivity index (χ2n) is 5.98. The molecule has 2 aromatic rings. The zero-order chi connectivity index (χ0) is 17.4. The average Bonchev–Trinajstić information content (AvgIpc) is 2.85. The van der Waals surface area contributed by atoms with E-state index >= 15 is 0 Å². The van der Waals surface area contributed by atoms with Gasteiger partial charge in [-0.15, -0.1) is 5.10 Å². The molecular formula is C15H17ClF2N6. The number of likely N-dealkylation sites (tertiary alicyclic amines) is 1. The van der Waals surface area contributed by atoms with Gasteiger partial charge in [-0.05, 0) is 32.9 Å². The lowest BCUT2D eigenvalue weighted by Gasteiger charge is -2.35. The van der Waals surface area contributed by atoms with Crippen LogP contribution in [-0.2, 0) is 0 Å². The Morgan fingerprint density at radius 1 is 1.42 bits per heavy atom. The summed E-state index contributed by atoms with van der Waals surface area (Å²) in [6.45, 7) is 2.60. The molecule has 3 heterocycles. The molecule has 0 radical (unpaired) electrons. The summed E-state index contributed by atoms with van der Waals surface area (Å²) in [7, 11) is 0. The van der Waals surface area contributed by atoms with E-state index in [1.54, 1.807) is 9.42 Å². The molecule has 3 rings (SSSR count). The van der Waals surface area contributed by atoms with Gasteiger partial charge in [0.2, 0.25) is 5.95 Å². The Morgan fingerprint density at radius 3 is 2.67 bits per heavy atom. The van der Waals surface area contributed by atoms with Crippen LogP contribution in [0.4, 0.5) is 14.7 Å². The molecular weight excluding hydrogens is 338 g/mol. The highest BCUT2D eigenvalue weighted by Crippen LogP contribution is 2.37. The molecule has 0 saturated carbocycles. The van der Waals surface area contributed by atoms with Crippen LogP contribution in [0.1, 0.15) is 36.9 Å². The third-order valence-corrected chi connectivity index (χ3v) is 5.03. The zero-order valence-corrected chi connectivity index (χ0v) is 13.8. The van der Waals surface area contributed by atoms with Crippen LogP contribution in [0.3, 0.4) is 0 Å². The van der Waals surface area contributed by atoms with Crippen molar-refractivity contribution in [1.29, 1.82) is 5.26 Å². The zero-order valence-electron chi connectivity index (χ0n) is 13.1. The number of aromatic nitrogens is 3. The molecule has 1 aliphatic heterocycles. The molecule has 1 fully saturated rings. The van der Waals surface area contributed by atoms with E-state index in [0.29, 0.717) is 47.7 Å². The third kappa shape index (κ3) is 2.78. The van der Waals surface area contributed by atoms with Gasteiger partial charge in [-0.3, -0.25) is 4.90 Å². The number of halogens is 3. The van der Waals surface area contributed by atoms with E-state index in [0.717, 1.165) is 0 Å². The Kier molecular flexibility index (Phi) is 4.56. The summed E-state index contributed by atoms with van der Waals surface area (Å²) in [5.74, 6) is 0.0961. The topological polar surface area (TPSA) is 83.2 Å². The number of alkyl halides is 2. The van der Waals surface area contributed by atoms with E-state index in [-0.39, 0.29) is 11.9 Å². The lowest BCUT2D eigenvalue weighted by atomic mass is 9.91. The van der Waals surface area contributed by atoms with Gasteiger partial charge < -0.3 is 5.73 Å². The molecule has 1 atom stereocenters. The van der Waals surface area contributed by atoms with Gasteiger partial charge in [-0.2, -0.15) is 5.26 Å². The fraction of sp³-hybridized carbons (Fsp3) is 0.533. The number of hydrogen-bond donors (Lipinski definition) is 1. The van der Waals surface area contributed by atoms with Crippen molar-refractivity contribution in [3.05, 3.63) is 22.5 Å². The van der Waals surface area contributed by atoms with Crippen LogP contribution in [0.5, 0.6) is 0 Å². The van der Waals surface area contributed by atoms with Crippen molar-refractivity contribution in [1.82, 2.24) is 19.5 Å². The summed E-state index contributed by atoms with van der Waals surface area (Å²) in [6.07, 6.45) is 0.423. The highest BCUT2D eigenvalue weighted by atomic mass is 35.5. The van der Waals surface area contributed by atoms with Crippen LogP contribution in [0.2, 0.25) is 5.02 Å². The van der Waals surface area contributed by atoms with Gasteiger partial charge in [0.05, 0.1) is 28.5 Å². The van der Waals surface area contributed by atoms with Crippen LogP contribution in [0.15, 0.2) is 6.20 Å². The first-order valence-electron chi connectivity index (χ1n) is 7.69. The lowest BCUT2D eigenvalue weighted by Crippen LogP contribution is -2.43. The van der Waals surface area contributed by atoms with Crippen LogP contribution in [-0.4, -0.2) is 45.1 Å². The van der Waals surface area contributed by atoms with E-state index in [4.69, 9.17) is 17.3 Å². The Bertz CT molecular complexity index is 791. The van der Waals surface area contributed by atoms with Crippen molar-refractivity contribution >= 4 is 23.1 Å². The predicted molar refractivity (Wildman–Crippen MR) is 86.1 cm³/mol. The quantitative estimate of drug-likeness (QED) is 0.916. The van der Waals surface area contributed by atoms with Crippen molar-refractivity contribution in [2.24, 2.45) is 0 Å². The highest BCUT2D eigenvalue weighted by Gasteiger charge is 2.32. The lowest BCUT2D eigenvalue weighted by molar-refractivity contribution is 0.0224. The second kappa shape index (κ2) is 6.49. The van der Waals surface area contributed by atoms with Crippen molar-refractivity contribution in [3.8, 4) is 6.07 Å². The summed E-state index contributed by atoms with van der Waals surface area (Å²) < 4.78 is 27.3. The first-order chi connectivity index (χ1) is 11.4. The summed E-state index contributed by atoms with van der Waals surface area (Å²) in [4.78, 5) is 5.69. The normalized spacial score (nSPS) is 18.2. The summed E-state index contributed by atoms with van der Waals surface area (Å²) in [6, 6.07) is 1.36. The van der Waals surface area contributed by atoms with Crippen LogP contribution < -0.4 is 5.73 Å². The number of nitrogens with two attached hydrogens (primary N) is 1. The molecule has 6 nitrogen and oxygen atoms in total. The molecule has 1 aliphatic rings. The number of hydrogen-bond acceptors (Lipinski definition) is 5. The molecule has 9 heteroatoms. The minimum atomic E-state index is -2.37. The van der Waals surface area contributed by atoms with Crippen LogP contribution >= 0.6 is 11.6 Å². The summed E-state index contributed by atoms with van der Waals surface area (Å²) >= 11 is 6.28. The third-order valence-electron chi connectivity index (χ3n) is 4.65. The van der Waals surface area contributed by atoms with E-state index < -0.39 is 12.5 Å². The van der Waals surface area contributed by atoms with Crippen molar-refractivity contribution in [2.75, 3.05) is 18.8 Å². The number of nitrogen functional groups attached to an aromatic ring is 1. The molecule has 24 heavy (non-hydrogen) atoms. The number of nitriles is 1. The molecule has 0 amide bonds. The molecule has 128 valence electrons. The second-order valence-corrected chi connectivity index (χ2v) is 6.36. The maximum Gasteiger partial charge on any atom is 0.253 e. The fourth-order valence-corrected chi connectivity index (χ4v) is 3.53. The monoisotopic (exact) mass is 354 g/mol. The first kappa shape index (κ1) is 16.9. The van der Waals surface area contributed by atoms with Crippen LogP contribution in [0.25, 0.3) is 5.52 Å². The van der Waals surface area contributed by atoms with Gasteiger partial charge in [0.25, 0.3) is 6.43 Å². The molecule has 0 aromatic carbocycles. The van der Waals surface area contributed by atoms with Gasteiger partial charge in [-0.25, -0.2) is 18.3 Å². The molecule has 0 aliphatic carbocycles. The van der Waals surface area contributed by atoms with E-state index in [9.17, 15) is 14.0 Å². The van der Waals surface area contributed by atoms with E-state index in [1.807, 2.05) is 0 Å². The number of rotatable bonds is 3. The van der Waals surface area contributed by atoms with Gasteiger partial charge >= 0.3 is 0 Å². The molecule has 1 saturated heterocycles. The maximum atomic E-state index is 12.9. The number of anilines is 1. The molecule has 1 unspecified atom stereocenters.